The zero-order valence-corrected chi connectivity index (χ0v) is 11.0. The van der Waals surface area contributed by atoms with Gasteiger partial charge in [0.2, 0.25) is 0 Å². The summed E-state index contributed by atoms with van der Waals surface area (Å²) in [6, 6.07) is 3.95. The summed E-state index contributed by atoms with van der Waals surface area (Å²) in [5.41, 5.74) is 15.4. The molecule has 1 aromatic carbocycles. The van der Waals surface area contributed by atoms with Crippen LogP contribution in [0.2, 0.25) is 0 Å². The number of nitrogen functional groups attached to an aromatic ring is 2. The van der Waals surface area contributed by atoms with E-state index in [4.69, 9.17) is 11.5 Å². The number of aromatic nitrogens is 1. The fraction of sp³-hybridized carbons (Fsp3) is 0.0714. The van der Waals surface area contributed by atoms with Gasteiger partial charge in [0.25, 0.3) is 0 Å². The minimum absolute atomic E-state index is 0.539. The van der Waals surface area contributed by atoms with Gasteiger partial charge in [-0.25, -0.2) is 4.98 Å². The van der Waals surface area contributed by atoms with Gasteiger partial charge in [-0.15, -0.1) is 0 Å². The number of nitrogens with zero attached hydrogens (tertiary/aromatic N) is 1. The smallest absolute Gasteiger partial charge is 0.181 e. The lowest BCUT2D eigenvalue weighted by Gasteiger charge is -2.04. The molecule has 92 valence electrons. The summed E-state index contributed by atoms with van der Waals surface area (Å²) in [7, 11) is 0. The van der Waals surface area contributed by atoms with Crippen molar-refractivity contribution in [1.29, 1.82) is 0 Å². The summed E-state index contributed by atoms with van der Waals surface area (Å²) in [5.74, 6) is 0. The number of allylic oxidation sites excluding steroid dienone is 5. The van der Waals surface area contributed by atoms with E-state index in [1.54, 1.807) is 6.08 Å². The molecule has 4 N–H and O–H groups in total. The number of nitrogens with two attached hydrogens (primary N) is 2. The van der Waals surface area contributed by atoms with Crippen LogP contribution in [0.4, 0.5) is 10.8 Å². The number of thiazole rings is 1. The Morgan fingerprint density at radius 3 is 2.83 bits per heavy atom. The summed E-state index contributed by atoms with van der Waals surface area (Å²) in [6.45, 7) is 5.65. The Labute approximate surface area is 110 Å². The highest BCUT2D eigenvalue weighted by Gasteiger charge is 2.08. The summed E-state index contributed by atoms with van der Waals surface area (Å²) in [6.07, 6.45) is 7.65. The number of fused-ring (bicyclic) bond motifs is 1. The van der Waals surface area contributed by atoms with Crippen LogP contribution < -0.4 is 11.5 Å². The van der Waals surface area contributed by atoms with Gasteiger partial charge in [-0.2, -0.15) is 0 Å². The molecule has 0 fully saturated rings. The molecule has 0 bridgehead atoms. The van der Waals surface area contributed by atoms with Gasteiger partial charge in [0, 0.05) is 0 Å². The zero-order valence-electron chi connectivity index (χ0n) is 10.2. The number of anilines is 2. The largest absolute Gasteiger partial charge is 0.398 e. The van der Waals surface area contributed by atoms with Crippen LogP contribution >= 0.6 is 11.3 Å². The minimum Gasteiger partial charge on any atom is -0.398 e. The van der Waals surface area contributed by atoms with E-state index < -0.39 is 0 Å². The van der Waals surface area contributed by atoms with Gasteiger partial charge < -0.3 is 11.5 Å². The van der Waals surface area contributed by atoms with Gasteiger partial charge in [0.15, 0.2) is 5.13 Å². The summed E-state index contributed by atoms with van der Waals surface area (Å²) >= 11 is 1.41. The second-order valence-electron chi connectivity index (χ2n) is 3.80. The number of benzene rings is 1. The van der Waals surface area contributed by atoms with Gasteiger partial charge in [0.1, 0.15) is 0 Å². The molecule has 0 saturated carbocycles. The van der Waals surface area contributed by atoms with Crippen molar-refractivity contribution in [2.24, 2.45) is 0 Å². The van der Waals surface area contributed by atoms with Gasteiger partial charge in [-0.3, -0.25) is 0 Å². The van der Waals surface area contributed by atoms with Crippen LogP contribution in [0.5, 0.6) is 0 Å². The van der Waals surface area contributed by atoms with Crippen molar-refractivity contribution in [3.05, 3.63) is 48.6 Å². The van der Waals surface area contributed by atoms with E-state index in [1.165, 1.54) is 11.3 Å². The average molecular weight is 257 g/mol. The van der Waals surface area contributed by atoms with Crippen molar-refractivity contribution < 1.29 is 0 Å². The zero-order chi connectivity index (χ0) is 13.1. The predicted molar refractivity (Wildman–Crippen MR) is 81.4 cm³/mol. The van der Waals surface area contributed by atoms with Crippen molar-refractivity contribution in [3.63, 3.8) is 0 Å². The third kappa shape index (κ3) is 2.28. The fourth-order valence-corrected chi connectivity index (χ4v) is 2.51. The predicted octanol–water partition coefficient (Wildman–Crippen LogP) is 3.61. The SMILES string of the molecule is C=C/C=C\C(=C/C)c1cc(N)c2sc(N)nc2c1. The Bertz CT molecular complexity index is 650. The highest BCUT2D eigenvalue weighted by atomic mass is 32.1. The van der Waals surface area contributed by atoms with Gasteiger partial charge in [-0.05, 0) is 30.2 Å². The highest BCUT2D eigenvalue weighted by molar-refractivity contribution is 7.22. The summed E-state index contributed by atoms with van der Waals surface area (Å²) < 4.78 is 0.944. The molecule has 18 heavy (non-hydrogen) atoms. The second-order valence-corrected chi connectivity index (χ2v) is 4.84. The quantitative estimate of drug-likeness (QED) is 0.652. The van der Waals surface area contributed by atoms with Crippen molar-refractivity contribution in [3.8, 4) is 0 Å². The van der Waals surface area contributed by atoms with Crippen LogP contribution in [0.3, 0.4) is 0 Å². The molecular weight excluding hydrogens is 242 g/mol. The number of hydrogen-bond donors (Lipinski definition) is 2. The molecule has 3 nitrogen and oxygen atoms in total. The first-order valence-corrected chi connectivity index (χ1v) is 6.38. The van der Waals surface area contributed by atoms with Crippen LogP contribution in [-0.2, 0) is 0 Å². The van der Waals surface area contributed by atoms with Crippen LogP contribution in [0.15, 0.2) is 43.0 Å². The Morgan fingerprint density at radius 2 is 2.17 bits per heavy atom. The molecule has 4 heteroatoms. The van der Waals surface area contributed by atoms with Gasteiger partial charge in [-0.1, -0.05) is 42.2 Å². The van der Waals surface area contributed by atoms with Crippen LogP contribution in [0.25, 0.3) is 15.8 Å². The summed E-state index contributed by atoms with van der Waals surface area (Å²) in [4.78, 5) is 4.28. The maximum Gasteiger partial charge on any atom is 0.181 e. The van der Waals surface area contributed by atoms with Crippen LogP contribution in [-0.4, -0.2) is 4.98 Å². The minimum atomic E-state index is 0.539. The second kappa shape index (κ2) is 5.06. The van der Waals surface area contributed by atoms with Crippen molar-refractivity contribution >= 4 is 37.9 Å². The molecule has 0 unspecified atom stereocenters. The molecule has 1 aromatic heterocycles. The topological polar surface area (TPSA) is 64.9 Å². The van der Waals surface area contributed by atoms with Crippen molar-refractivity contribution in [2.75, 3.05) is 11.5 Å². The Hall–Kier alpha value is -2.07. The lowest BCUT2D eigenvalue weighted by molar-refractivity contribution is 1.49. The van der Waals surface area contributed by atoms with E-state index in [0.717, 1.165) is 21.4 Å². The number of hydrogen-bond acceptors (Lipinski definition) is 4. The maximum atomic E-state index is 6.03. The van der Waals surface area contributed by atoms with E-state index >= 15 is 0 Å². The lowest BCUT2D eigenvalue weighted by atomic mass is 10.0. The molecule has 0 aliphatic heterocycles. The van der Waals surface area contributed by atoms with Gasteiger partial charge >= 0.3 is 0 Å². The molecule has 0 aliphatic carbocycles. The molecule has 1 heterocycles. The first kappa shape index (κ1) is 12.4. The number of rotatable bonds is 3. The van der Waals surface area contributed by atoms with E-state index in [-0.39, 0.29) is 0 Å². The molecule has 0 saturated heterocycles. The monoisotopic (exact) mass is 257 g/mol. The third-order valence-corrected chi connectivity index (χ3v) is 3.54. The first-order chi connectivity index (χ1) is 8.65. The van der Waals surface area contributed by atoms with E-state index in [0.29, 0.717) is 10.8 Å². The molecular formula is C14H15N3S. The first-order valence-electron chi connectivity index (χ1n) is 5.57. The molecule has 0 atom stereocenters. The molecule has 0 aliphatic rings. The molecule has 2 rings (SSSR count). The van der Waals surface area contributed by atoms with E-state index in [9.17, 15) is 0 Å². The van der Waals surface area contributed by atoms with E-state index in [2.05, 4.69) is 11.6 Å². The average Bonchev–Trinajstić information content (AvgIpc) is 2.71. The van der Waals surface area contributed by atoms with Gasteiger partial charge in [0.05, 0.1) is 15.9 Å². The highest BCUT2D eigenvalue weighted by Crippen LogP contribution is 2.32. The normalized spacial score (nSPS) is 12.4. The molecule has 0 amide bonds. The third-order valence-electron chi connectivity index (χ3n) is 2.59. The fourth-order valence-electron chi connectivity index (χ4n) is 1.77. The Kier molecular flexibility index (Phi) is 3.48. The van der Waals surface area contributed by atoms with Crippen molar-refractivity contribution in [2.45, 2.75) is 6.92 Å². The maximum absolute atomic E-state index is 6.03. The molecule has 0 radical (unpaired) electrons. The lowest BCUT2D eigenvalue weighted by Crippen LogP contribution is -1.89. The molecule has 0 spiro atoms. The molecule has 2 aromatic rings. The van der Waals surface area contributed by atoms with Crippen LogP contribution in [0, 0.1) is 0 Å². The Morgan fingerprint density at radius 1 is 1.39 bits per heavy atom. The van der Waals surface area contributed by atoms with Crippen LogP contribution in [0.1, 0.15) is 12.5 Å². The van der Waals surface area contributed by atoms with E-state index in [1.807, 2.05) is 37.3 Å². The Balaban J connectivity index is 2.57. The standard InChI is InChI=1S/C14H15N3S/c1-3-5-6-9(4-2)10-7-11(15)13-12(8-10)17-14(16)18-13/h3-8H,1,15H2,2H3,(H2,16,17)/b6-5-,9-4+. The summed E-state index contributed by atoms with van der Waals surface area (Å²) in [5, 5.41) is 0.539. The van der Waals surface area contributed by atoms with Crippen molar-refractivity contribution in [1.82, 2.24) is 4.98 Å².